The van der Waals surface area contributed by atoms with E-state index in [4.69, 9.17) is 4.74 Å². The van der Waals surface area contributed by atoms with E-state index in [9.17, 15) is 14.7 Å². The number of carbonyl (C=O) groups is 1. The number of aromatic amines is 1. The number of nitrogens with one attached hydrogen (secondary N) is 1. The lowest BCUT2D eigenvalue weighted by atomic mass is 9.83. The van der Waals surface area contributed by atoms with Gasteiger partial charge in [-0.3, -0.25) is 9.59 Å². The standard InChI is InChI=1S/C16H16O3.C5H6N2O/c1-19-16(12-15(17)18,13-8-4-2-5-9-13)14-10-6-3-7-11-14;1-4-2-3-5(8)7-6-4/h2-11H,12H2,1H3,(H,17,18);2-3H,1H3,(H,7,8). The molecule has 0 amide bonds. The topological polar surface area (TPSA) is 92.3 Å². The Balaban J connectivity index is 0.000000273. The van der Waals surface area contributed by atoms with Gasteiger partial charge >= 0.3 is 5.97 Å². The average Bonchev–Trinajstić information content (AvgIpc) is 2.70. The van der Waals surface area contributed by atoms with Crippen molar-refractivity contribution in [3.63, 3.8) is 0 Å². The van der Waals surface area contributed by atoms with Crippen LogP contribution in [-0.4, -0.2) is 28.4 Å². The summed E-state index contributed by atoms with van der Waals surface area (Å²) in [5.41, 5.74) is 1.39. The summed E-state index contributed by atoms with van der Waals surface area (Å²) in [7, 11) is 1.54. The number of methoxy groups -OCH3 is 1. The van der Waals surface area contributed by atoms with E-state index in [1.165, 1.54) is 6.07 Å². The SMILES string of the molecule is COC(CC(=O)O)(c1ccccc1)c1ccccc1.Cc1ccc(=O)[nH]n1. The lowest BCUT2D eigenvalue weighted by molar-refractivity contribution is -0.142. The second-order valence-corrected chi connectivity index (χ2v) is 5.90. The van der Waals surface area contributed by atoms with Gasteiger partial charge in [0.05, 0.1) is 12.1 Å². The molecule has 3 rings (SSSR count). The molecular formula is C21H22N2O4. The van der Waals surface area contributed by atoms with Crippen molar-refractivity contribution in [2.45, 2.75) is 18.9 Å². The van der Waals surface area contributed by atoms with Gasteiger partial charge in [-0.1, -0.05) is 60.7 Å². The highest BCUT2D eigenvalue weighted by Crippen LogP contribution is 2.36. The number of aliphatic carboxylic acids is 1. The first kappa shape index (κ1) is 20.1. The molecule has 27 heavy (non-hydrogen) atoms. The number of carboxylic acids is 1. The first-order valence-electron chi connectivity index (χ1n) is 8.38. The number of carboxylic acid groups (broad SMARTS) is 1. The molecule has 0 spiro atoms. The minimum absolute atomic E-state index is 0.114. The quantitative estimate of drug-likeness (QED) is 0.724. The fraction of sp³-hybridized carbons (Fsp3) is 0.190. The molecule has 0 saturated heterocycles. The molecule has 0 aliphatic rings. The van der Waals surface area contributed by atoms with Crippen molar-refractivity contribution in [3.8, 4) is 0 Å². The Kier molecular flexibility index (Phi) is 7.02. The molecule has 140 valence electrons. The van der Waals surface area contributed by atoms with E-state index < -0.39 is 11.6 Å². The van der Waals surface area contributed by atoms with E-state index in [0.29, 0.717) is 0 Å². The van der Waals surface area contributed by atoms with E-state index in [0.717, 1.165) is 16.8 Å². The summed E-state index contributed by atoms with van der Waals surface area (Å²) in [6.45, 7) is 1.82. The Labute approximate surface area is 157 Å². The average molecular weight is 366 g/mol. The van der Waals surface area contributed by atoms with E-state index in [-0.39, 0.29) is 12.0 Å². The van der Waals surface area contributed by atoms with E-state index in [1.54, 1.807) is 13.2 Å². The number of H-pyrrole nitrogens is 1. The van der Waals surface area contributed by atoms with Gasteiger partial charge in [-0.2, -0.15) is 5.10 Å². The summed E-state index contributed by atoms with van der Waals surface area (Å²) in [6.07, 6.45) is -0.114. The zero-order valence-electron chi connectivity index (χ0n) is 15.3. The predicted octanol–water partition coefficient (Wildman–Crippen LogP) is 3.13. The summed E-state index contributed by atoms with van der Waals surface area (Å²) in [4.78, 5) is 21.5. The van der Waals surface area contributed by atoms with Crippen LogP contribution in [0.1, 0.15) is 23.2 Å². The largest absolute Gasteiger partial charge is 0.481 e. The predicted molar refractivity (Wildman–Crippen MR) is 103 cm³/mol. The van der Waals surface area contributed by atoms with Crippen molar-refractivity contribution in [1.29, 1.82) is 0 Å². The van der Waals surface area contributed by atoms with E-state index in [1.807, 2.05) is 67.6 Å². The first-order chi connectivity index (χ1) is 13.0. The van der Waals surface area contributed by atoms with Crippen molar-refractivity contribution < 1.29 is 14.6 Å². The van der Waals surface area contributed by atoms with Gasteiger partial charge < -0.3 is 9.84 Å². The summed E-state index contributed by atoms with van der Waals surface area (Å²) in [5, 5.41) is 15.2. The number of hydrogen-bond donors (Lipinski definition) is 2. The molecule has 2 aromatic carbocycles. The van der Waals surface area contributed by atoms with Crippen molar-refractivity contribution in [2.75, 3.05) is 7.11 Å². The maximum atomic E-state index is 11.2. The molecule has 3 aromatic rings. The van der Waals surface area contributed by atoms with Crippen molar-refractivity contribution in [2.24, 2.45) is 0 Å². The number of aromatic nitrogens is 2. The Bertz CT molecular complexity index is 848. The fourth-order valence-corrected chi connectivity index (χ4v) is 2.72. The lowest BCUT2D eigenvalue weighted by Gasteiger charge is -2.32. The summed E-state index contributed by atoms with van der Waals surface area (Å²) < 4.78 is 5.64. The molecule has 0 aliphatic carbocycles. The Morgan fingerprint density at radius 2 is 1.52 bits per heavy atom. The van der Waals surface area contributed by atoms with Crippen LogP contribution < -0.4 is 5.56 Å². The van der Waals surface area contributed by atoms with E-state index in [2.05, 4.69) is 10.2 Å². The lowest BCUT2D eigenvalue weighted by Crippen LogP contribution is -2.32. The van der Waals surface area contributed by atoms with Gasteiger partial charge in [0, 0.05) is 13.2 Å². The summed E-state index contributed by atoms with van der Waals surface area (Å²) in [6, 6.07) is 22.0. The van der Waals surface area contributed by atoms with Crippen LogP contribution in [0.5, 0.6) is 0 Å². The van der Waals surface area contributed by atoms with Crippen LogP contribution in [0.15, 0.2) is 77.6 Å². The molecule has 0 radical (unpaired) electrons. The Morgan fingerprint density at radius 1 is 1.00 bits per heavy atom. The molecule has 0 atom stereocenters. The van der Waals surface area contributed by atoms with Crippen LogP contribution in [-0.2, 0) is 15.1 Å². The van der Waals surface area contributed by atoms with Gasteiger partial charge in [-0.25, -0.2) is 5.10 Å². The molecule has 6 heteroatoms. The molecular weight excluding hydrogens is 344 g/mol. The number of aryl methyl sites for hydroxylation is 1. The van der Waals surface area contributed by atoms with Crippen LogP contribution in [0.3, 0.4) is 0 Å². The minimum Gasteiger partial charge on any atom is -0.481 e. The number of hydrogen-bond acceptors (Lipinski definition) is 4. The van der Waals surface area contributed by atoms with Gasteiger partial charge in [0.2, 0.25) is 0 Å². The zero-order chi connectivity index (χ0) is 19.7. The summed E-state index contributed by atoms with van der Waals surface area (Å²) >= 11 is 0. The van der Waals surface area contributed by atoms with Crippen LogP contribution in [0.4, 0.5) is 0 Å². The van der Waals surface area contributed by atoms with Crippen LogP contribution >= 0.6 is 0 Å². The highest BCUT2D eigenvalue weighted by atomic mass is 16.5. The maximum absolute atomic E-state index is 11.2. The third-order valence-corrected chi connectivity index (χ3v) is 4.05. The van der Waals surface area contributed by atoms with Crippen LogP contribution in [0.2, 0.25) is 0 Å². The second-order valence-electron chi connectivity index (χ2n) is 5.90. The molecule has 2 N–H and O–H groups in total. The molecule has 0 saturated carbocycles. The highest BCUT2D eigenvalue weighted by molar-refractivity contribution is 5.70. The fourth-order valence-electron chi connectivity index (χ4n) is 2.72. The van der Waals surface area contributed by atoms with Gasteiger partial charge in [0.25, 0.3) is 5.56 Å². The van der Waals surface area contributed by atoms with E-state index >= 15 is 0 Å². The van der Waals surface area contributed by atoms with Crippen LogP contribution in [0.25, 0.3) is 0 Å². The number of nitrogens with zero attached hydrogens (tertiary/aromatic N) is 1. The van der Waals surface area contributed by atoms with Crippen LogP contribution in [0, 0.1) is 6.92 Å². The Hall–Kier alpha value is -3.25. The first-order valence-corrected chi connectivity index (χ1v) is 8.38. The third-order valence-electron chi connectivity index (χ3n) is 4.05. The molecule has 1 aromatic heterocycles. The number of benzene rings is 2. The highest BCUT2D eigenvalue weighted by Gasteiger charge is 2.36. The van der Waals surface area contributed by atoms with Gasteiger partial charge in [0.15, 0.2) is 0 Å². The Morgan fingerprint density at radius 3 is 1.85 bits per heavy atom. The van der Waals surface area contributed by atoms with Crippen molar-refractivity contribution in [1.82, 2.24) is 10.2 Å². The number of ether oxygens (including phenoxy) is 1. The summed E-state index contributed by atoms with van der Waals surface area (Å²) in [5.74, 6) is -0.894. The minimum atomic E-state index is -0.950. The molecule has 0 bridgehead atoms. The normalized spacial score (nSPS) is 10.6. The second kappa shape index (κ2) is 9.45. The molecule has 1 heterocycles. The van der Waals surface area contributed by atoms with Gasteiger partial charge in [-0.15, -0.1) is 0 Å². The third kappa shape index (κ3) is 5.36. The molecule has 0 aliphatic heterocycles. The maximum Gasteiger partial charge on any atom is 0.307 e. The van der Waals surface area contributed by atoms with Crippen molar-refractivity contribution in [3.05, 3.63) is 100.0 Å². The zero-order valence-corrected chi connectivity index (χ0v) is 15.3. The molecule has 0 unspecified atom stereocenters. The van der Waals surface area contributed by atoms with Crippen molar-refractivity contribution >= 4 is 5.97 Å². The van der Waals surface area contributed by atoms with Gasteiger partial charge in [-0.05, 0) is 24.1 Å². The number of rotatable bonds is 5. The molecule has 6 nitrogen and oxygen atoms in total. The monoisotopic (exact) mass is 366 g/mol. The van der Waals surface area contributed by atoms with Gasteiger partial charge in [0.1, 0.15) is 5.60 Å². The molecule has 0 fully saturated rings. The smallest absolute Gasteiger partial charge is 0.307 e.